The van der Waals surface area contributed by atoms with Crippen LogP contribution < -0.4 is 10.1 Å². The number of carbonyl (C=O) groups is 2. The molecule has 1 aliphatic carbocycles. The van der Waals surface area contributed by atoms with E-state index in [1.54, 1.807) is 13.0 Å². The highest BCUT2D eigenvalue weighted by molar-refractivity contribution is 6.20. The molecule has 0 bridgehead atoms. The minimum absolute atomic E-state index is 0.0215. The average Bonchev–Trinajstić information content (AvgIpc) is 3.29. The third kappa shape index (κ3) is 5.24. The van der Waals surface area contributed by atoms with Gasteiger partial charge in [-0.25, -0.2) is 9.78 Å². The molecule has 2 aliphatic rings. The molecule has 2 aromatic rings. The van der Waals surface area contributed by atoms with Crippen molar-refractivity contribution in [2.75, 3.05) is 18.4 Å². The molecule has 1 fully saturated rings. The molecule has 1 N–H and O–H groups in total. The lowest BCUT2D eigenvalue weighted by Crippen LogP contribution is -2.66. The van der Waals surface area contributed by atoms with Crippen molar-refractivity contribution in [2.45, 2.75) is 50.7 Å². The number of aromatic nitrogens is 1. The molecule has 0 saturated carbocycles. The van der Waals surface area contributed by atoms with Gasteiger partial charge >= 0.3 is 12.7 Å². The largest absolute Gasteiger partial charge is 0.430 e. The number of amides is 2. The number of allylic oxidation sites excluding steroid dienone is 2. The van der Waals surface area contributed by atoms with Crippen LogP contribution in [0, 0.1) is 6.92 Å². The Kier molecular flexibility index (Phi) is 7.25. The van der Waals surface area contributed by atoms with Crippen LogP contribution in [0.5, 0.6) is 5.88 Å². The smallest absolute Gasteiger partial charge is 0.411 e. The number of anilines is 1. The number of rotatable bonds is 7. The maximum Gasteiger partial charge on any atom is 0.411 e. The number of alkyl halides is 3. The van der Waals surface area contributed by atoms with Crippen LogP contribution in [0.3, 0.4) is 0 Å². The summed E-state index contributed by atoms with van der Waals surface area (Å²) in [5, 5.41) is 2.72. The molecule has 186 valence electrons. The lowest BCUT2D eigenvalue weighted by atomic mass is 9.70. The molecule has 7 nitrogen and oxygen atoms in total. The van der Waals surface area contributed by atoms with Crippen molar-refractivity contribution < 1.29 is 27.8 Å². The number of nitrogens with zero attached hydrogens (tertiary/aromatic N) is 2. The molecular formula is C25H26ClF2N3O4. The monoisotopic (exact) mass is 505 g/mol. The van der Waals surface area contributed by atoms with E-state index >= 15 is 0 Å². The van der Waals surface area contributed by atoms with E-state index in [-0.39, 0.29) is 24.7 Å². The number of hydrogen-bond acceptors (Lipinski definition) is 5. The summed E-state index contributed by atoms with van der Waals surface area (Å²) in [7, 11) is 0. The molecule has 4 rings (SSSR count). The van der Waals surface area contributed by atoms with Gasteiger partial charge in [0.1, 0.15) is 11.1 Å². The van der Waals surface area contributed by atoms with Gasteiger partial charge in [-0.1, -0.05) is 41.9 Å². The van der Waals surface area contributed by atoms with Crippen LogP contribution in [0.1, 0.15) is 43.0 Å². The summed E-state index contributed by atoms with van der Waals surface area (Å²) in [6.45, 7) is 0.127. The summed E-state index contributed by atoms with van der Waals surface area (Å²) >= 11 is 5.80. The summed E-state index contributed by atoms with van der Waals surface area (Å²) in [4.78, 5) is 31.6. The van der Waals surface area contributed by atoms with Crippen LogP contribution in [0.2, 0.25) is 0 Å². The van der Waals surface area contributed by atoms with Crippen molar-refractivity contribution in [3.8, 4) is 5.88 Å². The standard InChI is InChI=1S/C25H26ClF2N3O4/c1-15-11-12-20(21(29-15)35-23(27)28)30-22(32)25(13-31(14-25)24(33)34-16(2)26)19-10-6-5-9-18(19)17-7-3-4-8-17/h5-7,9-12,16,23H,3-4,8,13-14H2,1-2H3,(H,30,32). The molecule has 2 amide bonds. The van der Waals surface area contributed by atoms with Gasteiger partial charge in [-0.05, 0) is 61.9 Å². The first kappa shape index (κ1) is 24.9. The lowest BCUT2D eigenvalue weighted by molar-refractivity contribution is -0.127. The number of hydrogen-bond donors (Lipinski definition) is 1. The minimum atomic E-state index is -3.10. The zero-order valence-corrected chi connectivity index (χ0v) is 20.1. The highest BCUT2D eigenvalue weighted by atomic mass is 35.5. The number of likely N-dealkylation sites (tertiary alicyclic amines) is 1. The number of nitrogens with one attached hydrogen (secondary N) is 1. The van der Waals surface area contributed by atoms with E-state index in [2.05, 4.69) is 21.1 Å². The molecule has 0 spiro atoms. The predicted molar refractivity (Wildman–Crippen MR) is 128 cm³/mol. The molecule has 10 heteroatoms. The van der Waals surface area contributed by atoms with Crippen molar-refractivity contribution in [3.05, 3.63) is 59.3 Å². The Hall–Kier alpha value is -3.20. The average molecular weight is 506 g/mol. The number of pyridine rings is 1. The van der Waals surface area contributed by atoms with Crippen molar-refractivity contribution in [3.63, 3.8) is 0 Å². The highest BCUT2D eigenvalue weighted by Gasteiger charge is 2.54. The Morgan fingerprint density at radius 2 is 1.94 bits per heavy atom. The maximum atomic E-state index is 13.8. The Bertz CT molecular complexity index is 1150. The van der Waals surface area contributed by atoms with E-state index in [1.165, 1.54) is 17.9 Å². The SMILES string of the molecule is Cc1ccc(NC(=O)C2(c3ccccc3C3=CCCC3)CN(C(=O)OC(C)Cl)C2)c(OC(F)F)n1. The van der Waals surface area contributed by atoms with Crippen molar-refractivity contribution in [1.82, 2.24) is 9.88 Å². The van der Waals surface area contributed by atoms with Gasteiger partial charge in [-0.2, -0.15) is 8.78 Å². The van der Waals surface area contributed by atoms with Crippen LogP contribution >= 0.6 is 11.6 Å². The fraction of sp³-hybridized carbons (Fsp3) is 0.400. The number of halogens is 3. The van der Waals surface area contributed by atoms with Gasteiger partial charge in [0.25, 0.3) is 0 Å². The van der Waals surface area contributed by atoms with E-state index in [0.717, 1.165) is 36.0 Å². The fourth-order valence-corrected chi connectivity index (χ4v) is 4.60. The number of carbonyl (C=O) groups excluding carboxylic acids is 2. The second-order valence-electron chi connectivity index (χ2n) is 8.67. The van der Waals surface area contributed by atoms with Crippen LogP contribution in [-0.2, 0) is 14.9 Å². The third-order valence-electron chi connectivity index (χ3n) is 6.16. The Balaban J connectivity index is 1.70. The quantitative estimate of drug-likeness (QED) is 0.504. The lowest BCUT2D eigenvalue weighted by Gasteiger charge is -2.49. The molecule has 1 aliphatic heterocycles. The maximum absolute atomic E-state index is 13.8. The first-order chi connectivity index (χ1) is 16.7. The molecule has 1 saturated heterocycles. The van der Waals surface area contributed by atoms with E-state index in [1.807, 2.05) is 24.3 Å². The predicted octanol–water partition coefficient (Wildman–Crippen LogP) is 5.47. The molecule has 1 atom stereocenters. The molecule has 1 aromatic carbocycles. The first-order valence-corrected chi connectivity index (χ1v) is 11.8. The molecule has 1 unspecified atom stereocenters. The molecule has 2 heterocycles. The van der Waals surface area contributed by atoms with Gasteiger partial charge in [0.2, 0.25) is 11.8 Å². The second-order valence-corrected chi connectivity index (χ2v) is 9.28. The molecule has 35 heavy (non-hydrogen) atoms. The third-order valence-corrected chi connectivity index (χ3v) is 6.24. The van der Waals surface area contributed by atoms with Gasteiger partial charge in [0.05, 0.1) is 0 Å². The Labute approximate surface area is 207 Å². The Morgan fingerprint density at radius 1 is 1.20 bits per heavy atom. The van der Waals surface area contributed by atoms with Crippen LogP contribution in [0.4, 0.5) is 19.3 Å². The summed E-state index contributed by atoms with van der Waals surface area (Å²) in [5.41, 5.74) is 1.35. The van der Waals surface area contributed by atoms with E-state index in [4.69, 9.17) is 16.3 Å². The van der Waals surface area contributed by atoms with Gasteiger partial charge in [0.15, 0.2) is 5.56 Å². The Morgan fingerprint density at radius 3 is 2.60 bits per heavy atom. The topological polar surface area (TPSA) is 80.8 Å². The van der Waals surface area contributed by atoms with Gasteiger partial charge in [-0.3, -0.25) is 4.79 Å². The number of aryl methyl sites for hydroxylation is 1. The van der Waals surface area contributed by atoms with Gasteiger partial charge in [0, 0.05) is 18.8 Å². The normalized spacial score (nSPS) is 17.4. The summed E-state index contributed by atoms with van der Waals surface area (Å²) in [6.07, 6.45) is 4.39. The summed E-state index contributed by atoms with van der Waals surface area (Å²) < 4.78 is 35.6. The molecular weight excluding hydrogens is 480 g/mol. The number of ether oxygens (including phenoxy) is 2. The molecule has 1 aromatic heterocycles. The zero-order valence-electron chi connectivity index (χ0n) is 19.4. The number of benzene rings is 1. The van der Waals surface area contributed by atoms with Gasteiger partial charge in [-0.15, -0.1) is 0 Å². The van der Waals surface area contributed by atoms with E-state index in [9.17, 15) is 18.4 Å². The van der Waals surface area contributed by atoms with Crippen LogP contribution in [0.15, 0.2) is 42.5 Å². The van der Waals surface area contributed by atoms with Crippen molar-refractivity contribution in [1.29, 1.82) is 0 Å². The van der Waals surface area contributed by atoms with Crippen molar-refractivity contribution in [2.24, 2.45) is 0 Å². The van der Waals surface area contributed by atoms with Gasteiger partial charge < -0.3 is 19.7 Å². The highest BCUT2D eigenvalue weighted by Crippen LogP contribution is 2.42. The zero-order chi connectivity index (χ0) is 25.2. The summed E-state index contributed by atoms with van der Waals surface area (Å²) in [6, 6.07) is 10.6. The second kappa shape index (κ2) is 10.2. The van der Waals surface area contributed by atoms with Crippen LogP contribution in [-0.4, -0.2) is 47.1 Å². The fourth-order valence-electron chi connectivity index (χ4n) is 4.52. The van der Waals surface area contributed by atoms with Crippen LogP contribution in [0.25, 0.3) is 5.57 Å². The first-order valence-electron chi connectivity index (χ1n) is 11.3. The minimum Gasteiger partial charge on any atom is -0.430 e. The van der Waals surface area contributed by atoms with Crippen molar-refractivity contribution >= 4 is 34.9 Å². The van der Waals surface area contributed by atoms with E-state index < -0.39 is 29.6 Å². The molecule has 0 radical (unpaired) electrons. The summed E-state index contributed by atoms with van der Waals surface area (Å²) in [5.74, 6) is -0.835. The van der Waals surface area contributed by atoms with E-state index in [0.29, 0.717) is 5.69 Å².